The van der Waals surface area contributed by atoms with Gasteiger partial charge in [0.05, 0.1) is 33.5 Å². The summed E-state index contributed by atoms with van der Waals surface area (Å²) in [6.07, 6.45) is 8.39. The summed E-state index contributed by atoms with van der Waals surface area (Å²) in [5.74, 6) is -2.38. The van der Waals surface area contributed by atoms with Crippen LogP contribution in [0.1, 0.15) is 84.1 Å². The normalized spacial score (nSPS) is 26.0. The second kappa shape index (κ2) is 16.5. The molecule has 0 aromatic heterocycles. The number of imide groups is 2. The van der Waals surface area contributed by atoms with E-state index in [1.54, 1.807) is 18.2 Å². The zero-order chi connectivity index (χ0) is 41.5. The quantitative estimate of drug-likeness (QED) is 0.155. The molecule has 3 unspecified atom stereocenters. The lowest BCUT2D eigenvalue weighted by atomic mass is 9.85. The van der Waals surface area contributed by atoms with E-state index < -0.39 is 41.4 Å². The Labute approximate surface area is 345 Å². The van der Waals surface area contributed by atoms with Crippen molar-refractivity contribution in [2.45, 2.75) is 88.1 Å². The number of amides is 5. The summed E-state index contributed by atoms with van der Waals surface area (Å²) >= 11 is 6.13. The molecular formula is C42H45ClFN9O6. The number of piperazine rings is 1. The number of fused-ring (bicyclic) bond motifs is 3. The SMILES string of the molecule is N#Cc1ccc(OC2CCC(NC(=O)C(=N)/C=C\C(=N)N3C4CC3CN(CC3CCN(c5cc6c(cc5F)C(=O)N(C5CCC(=O)NC5=O)C6=O)CC3)C4)CC2)cc1Cl. The lowest BCUT2D eigenvalue weighted by Gasteiger charge is -2.57. The van der Waals surface area contributed by atoms with Gasteiger partial charge in [0.15, 0.2) is 0 Å². The molecule has 308 valence electrons. The number of piperidine rings is 3. The fourth-order valence-electron chi connectivity index (χ4n) is 9.45. The Bertz CT molecular complexity index is 2180. The predicted octanol–water partition coefficient (Wildman–Crippen LogP) is 3.79. The number of nitriles is 1. The van der Waals surface area contributed by atoms with E-state index in [1.807, 2.05) is 11.0 Å². The summed E-state index contributed by atoms with van der Waals surface area (Å²) in [6, 6.07) is 8.68. The minimum absolute atomic E-state index is 0.00631. The van der Waals surface area contributed by atoms with Gasteiger partial charge in [-0.15, -0.1) is 0 Å². The molecule has 9 rings (SSSR count). The molecule has 0 spiro atoms. The van der Waals surface area contributed by atoms with Gasteiger partial charge in [0.2, 0.25) is 11.8 Å². The number of hydrogen-bond acceptors (Lipinski definition) is 11. The molecule has 1 aliphatic carbocycles. The number of ether oxygens (including phenoxy) is 1. The average Bonchev–Trinajstić information content (AvgIpc) is 3.45. The Hall–Kier alpha value is -5.66. The largest absolute Gasteiger partial charge is 0.490 e. The number of amidine groups is 1. The van der Waals surface area contributed by atoms with Gasteiger partial charge in [0.1, 0.15) is 35.2 Å². The highest BCUT2D eigenvalue weighted by Gasteiger charge is 2.47. The van der Waals surface area contributed by atoms with E-state index in [4.69, 9.17) is 32.4 Å². The molecule has 2 bridgehead atoms. The van der Waals surface area contributed by atoms with Crippen LogP contribution in [0.2, 0.25) is 5.02 Å². The van der Waals surface area contributed by atoms with Crippen LogP contribution in [0.4, 0.5) is 10.1 Å². The van der Waals surface area contributed by atoms with Crippen molar-refractivity contribution in [2.75, 3.05) is 37.6 Å². The van der Waals surface area contributed by atoms with Crippen LogP contribution >= 0.6 is 11.6 Å². The third kappa shape index (κ3) is 8.18. The standard InChI is InChI=1S/C42H45ClFN9O6/c43-32-16-29(4-1-24(32)19-45)59-28-5-2-25(3-6-28)48-39(55)34(46)7-9-37(47)52-26-15-27(52)22-50(21-26)20-23-11-13-51(14-12-23)36-18-31-30(17-33(36)44)41(57)53(42(31)58)35-8-10-38(54)49-40(35)56/h1,4,7,9,16-18,23,25-28,35,46-47H,2-3,5-6,8,10-15,20-22H2,(H,48,55)(H,49,54,56)/b9-7-,46-34?,47-37?. The number of benzene rings is 2. The van der Waals surface area contributed by atoms with Gasteiger partial charge in [-0.3, -0.25) is 49.9 Å². The molecule has 5 amide bonds. The van der Waals surface area contributed by atoms with Crippen molar-refractivity contribution in [2.24, 2.45) is 5.92 Å². The van der Waals surface area contributed by atoms with Crippen LogP contribution < -0.4 is 20.3 Å². The maximum absolute atomic E-state index is 15.4. The number of carbonyl (C=O) groups excluding carboxylic acids is 5. The van der Waals surface area contributed by atoms with Gasteiger partial charge >= 0.3 is 0 Å². The first kappa shape index (κ1) is 40.1. The average molecular weight is 826 g/mol. The van der Waals surface area contributed by atoms with Crippen LogP contribution in [0.15, 0.2) is 42.5 Å². The van der Waals surface area contributed by atoms with Crippen molar-refractivity contribution in [1.29, 1.82) is 16.1 Å². The molecule has 2 aromatic carbocycles. The van der Waals surface area contributed by atoms with E-state index in [-0.39, 0.29) is 65.4 Å². The van der Waals surface area contributed by atoms with Gasteiger partial charge in [-0.25, -0.2) is 4.39 Å². The molecule has 7 aliphatic rings. The second-order valence-electron chi connectivity index (χ2n) is 16.3. The molecular weight excluding hydrogens is 781 g/mol. The highest BCUT2D eigenvalue weighted by molar-refractivity contribution is 6.42. The van der Waals surface area contributed by atoms with Gasteiger partial charge in [-0.05, 0) is 93.7 Å². The molecule has 0 radical (unpaired) electrons. The molecule has 6 heterocycles. The van der Waals surface area contributed by atoms with Crippen LogP contribution in [0.25, 0.3) is 0 Å². The Balaban J connectivity index is 0.761. The molecule has 15 nitrogen and oxygen atoms in total. The van der Waals surface area contributed by atoms with Crippen LogP contribution in [-0.4, -0.2) is 119 Å². The van der Waals surface area contributed by atoms with Gasteiger partial charge in [0, 0.05) is 63.3 Å². The number of hydrogen-bond donors (Lipinski definition) is 4. The first-order valence-corrected chi connectivity index (χ1v) is 20.6. The molecule has 4 N–H and O–H groups in total. The monoisotopic (exact) mass is 825 g/mol. The maximum atomic E-state index is 15.4. The van der Waals surface area contributed by atoms with Crippen molar-refractivity contribution >= 4 is 58.4 Å². The van der Waals surface area contributed by atoms with Gasteiger partial charge in [0.25, 0.3) is 17.7 Å². The highest BCUT2D eigenvalue weighted by atomic mass is 35.5. The Morgan fingerprint density at radius 2 is 1.66 bits per heavy atom. The van der Waals surface area contributed by atoms with E-state index in [0.29, 0.717) is 48.2 Å². The Morgan fingerprint density at radius 3 is 2.32 bits per heavy atom. The van der Waals surface area contributed by atoms with Gasteiger partial charge in [-0.1, -0.05) is 11.6 Å². The summed E-state index contributed by atoms with van der Waals surface area (Å²) in [4.78, 5) is 70.5. The minimum atomic E-state index is -1.11. The number of halogens is 2. The van der Waals surface area contributed by atoms with Crippen molar-refractivity contribution in [1.82, 2.24) is 25.3 Å². The van der Waals surface area contributed by atoms with Crippen LogP contribution in [0.3, 0.4) is 0 Å². The third-order valence-electron chi connectivity index (χ3n) is 12.6. The van der Waals surface area contributed by atoms with E-state index in [0.717, 1.165) is 62.7 Å². The zero-order valence-corrected chi connectivity index (χ0v) is 33.1. The first-order valence-electron chi connectivity index (χ1n) is 20.2. The lowest BCUT2D eigenvalue weighted by molar-refractivity contribution is -0.136. The molecule has 6 aliphatic heterocycles. The van der Waals surface area contributed by atoms with Crippen molar-refractivity contribution in [3.8, 4) is 11.8 Å². The molecule has 59 heavy (non-hydrogen) atoms. The minimum Gasteiger partial charge on any atom is -0.490 e. The topological polar surface area (TPSA) is 203 Å². The molecule has 1 saturated carbocycles. The Morgan fingerprint density at radius 1 is 0.966 bits per heavy atom. The highest BCUT2D eigenvalue weighted by Crippen LogP contribution is 2.37. The van der Waals surface area contributed by atoms with E-state index in [1.165, 1.54) is 18.2 Å². The van der Waals surface area contributed by atoms with Crippen LogP contribution in [0, 0.1) is 33.9 Å². The molecule has 5 saturated heterocycles. The fraction of sp³-hybridized carbons (Fsp3) is 0.476. The number of carbonyl (C=O) groups is 5. The lowest BCUT2D eigenvalue weighted by Crippen LogP contribution is -2.70. The predicted molar refractivity (Wildman–Crippen MR) is 214 cm³/mol. The van der Waals surface area contributed by atoms with Crippen molar-refractivity contribution < 1.29 is 33.1 Å². The van der Waals surface area contributed by atoms with Crippen LogP contribution in [-0.2, 0) is 14.4 Å². The van der Waals surface area contributed by atoms with Crippen molar-refractivity contribution in [3.63, 3.8) is 0 Å². The number of anilines is 1. The number of rotatable bonds is 10. The summed E-state index contributed by atoms with van der Waals surface area (Å²) in [6.45, 7) is 3.63. The first-order chi connectivity index (χ1) is 28.4. The maximum Gasteiger partial charge on any atom is 0.269 e. The number of nitrogens with zero attached hydrogens (tertiary/aromatic N) is 5. The molecule has 6 fully saturated rings. The van der Waals surface area contributed by atoms with E-state index in [9.17, 15) is 24.0 Å². The number of nitrogens with one attached hydrogen (secondary N) is 4. The summed E-state index contributed by atoms with van der Waals surface area (Å²) in [7, 11) is 0. The Kier molecular flexibility index (Phi) is 11.2. The zero-order valence-electron chi connectivity index (χ0n) is 32.3. The van der Waals surface area contributed by atoms with Gasteiger partial charge < -0.3 is 19.9 Å². The fourth-order valence-corrected chi connectivity index (χ4v) is 9.66. The molecule has 3 atom stereocenters. The molecule has 2 aromatic rings. The smallest absolute Gasteiger partial charge is 0.269 e. The summed E-state index contributed by atoms with van der Waals surface area (Å²) in [5.41, 5.74) is 0.422. The van der Waals surface area contributed by atoms with Crippen molar-refractivity contribution in [3.05, 3.63) is 70.0 Å². The van der Waals surface area contributed by atoms with E-state index in [2.05, 4.69) is 20.4 Å². The summed E-state index contributed by atoms with van der Waals surface area (Å²) in [5, 5.41) is 31.6. The third-order valence-corrected chi connectivity index (χ3v) is 12.9. The second-order valence-corrected chi connectivity index (χ2v) is 16.8. The molecule has 17 heteroatoms. The van der Waals surface area contributed by atoms with Crippen LogP contribution in [0.5, 0.6) is 5.75 Å². The van der Waals surface area contributed by atoms with E-state index >= 15 is 4.39 Å². The summed E-state index contributed by atoms with van der Waals surface area (Å²) < 4.78 is 21.5. The van der Waals surface area contributed by atoms with Gasteiger partial charge in [-0.2, -0.15) is 5.26 Å².